The number of carbonyl (C=O) groups excluding carboxylic acids is 1. The van der Waals surface area contributed by atoms with Crippen molar-refractivity contribution in [3.63, 3.8) is 0 Å². The number of halogens is 2. The van der Waals surface area contributed by atoms with Crippen LogP contribution in [0.15, 0.2) is 41.5 Å². The van der Waals surface area contributed by atoms with Crippen LogP contribution in [0.1, 0.15) is 19.4 Å². The smallest absolute Gasteiger partial charge is 0.273 e. The van der Waals surface area contributed by atoms with E-state index in [0.717, 1.165) is 6.07 Å². The summed E-state index contributed by atoms with van der Waals surface area (Å²) in [6.07, 6.45) is 5.06. The summed E-state index contributed by atoms with van der Waals surface area (Å²) in [4.78, 5) is 17.5. The maximum absolute atomic E-state index is 13.3. The summed E-state index contributed by atoms with van der Waals surface area (Å²) in [7, 11) is 0. The highest BCUT2D eigenvalue weighted by molar-refractivity contribution is 6.13. The minimum absolute atomic E-state index is 0.236. The number of amidine groups is 1. The zero-order chi connectivity index (χ0) is 14.5. The largest absolute Gasteiger partial charge is 0.318 e. The summed E-state index contributed by atoms with van der Waals surface area (Å²) in [6.45, 7) is 3.51. The number of rotatable bonds is 1. The highest BCUT2D eigenvalue weighted by Crippen LogP contribution is 2.31. The molecule has 0 N–H and O–H groups in total. The first-order valence-electron chi connectivity index (χ1n) is 6.17. The van der Waals surface area contributed by atoms with Gasteiger partial charge in [0.1, 0.15) is 23.0 Å². The molecular weight excluding hydrogens is 262 g/mol. The standard InChI is InChI=1S/C15H12F2N2O/c1-15(2)14(20)18-13-4-3-9(8-19(13)15)10-5-11(16)7-12(17)6-10/h3-8H,1-2H3. The van der Waals surface area contributed by atoms with Gasteiger partial charge in [-0.15, -0.1) is 0 Å². The second-order valence-corrected chi connectivity index (χ2v) is 5.28. The average Bonchev–Trinajstić information content (AvgIpc) is 2.59. The molecule has 1 aromatic carbocycles. The van der Waals surface area contributed by atoms with E-state index in [-0.39, 0.29) is 5.91 Å². The number of benzene rings is 1. The predicted octanol–water partition coefficient (Wildman–Crippen LogP) is 2.89. The van der Waals surface area contributed by atoms with E-state index in [0.29, 0.717) is 17.0 Å². The molecule has 0 radical (unpaired) electrons. The molecular formula is C15H12F2N2O. The monoisotopic (exact) mass is 274 g/mol. The van der Waals surface area contributed by atoms with Crippen LogP contribution in [0.4, 0.5) is 8.78 Å². The van der Waals surface area contributed by atoms with E-state index in [1.165, 1.54) is 12.1 Å². The van der Waals surface area contributed by atoms with Gasteiger partial charge in [0.05, 0.1) is 0 Å². The van der Waals surface area contributed by atoms with Crippen molar-refractivity contribution < 1.29 is 13.6 Å². The number of aliphatic imine (C=N–C) groups is 1. The van der Waals surface area contributed by atoms with E-state index < -0.39 is 17.2 Å². The van der Waals surface area contributed by atoms with Crippen molar-refractivity contribution in [1.82, 2.24) is 4.90 Å². The normalized spacial score (nSPS) is 19.8. The van der Waals surface area contributed by atoms with Gasteiger partial charge in [0.25, 0.3) is 5.91 Å². The Balaban J connectivity index is 2.05. The third-order valence-electron chi connectivity index (χ3n) is 3.46. The molecule has 0 saturated heterocycles. The number of hydrogen-bond donors (Lipinski definition) is 0. The van der Waals surface area contributed by atoms with Gasteiger partial charge >= 0.3 is 0 Å². The molecule has 3 nitrogen and oxygen atoms in total. The SMILES string of the molecule is CC1(C)C(=O)N=C2C=CC(c3cc(F)cc(F)c3)=CN21. The molecule has 0 aliphatic carbocycles. The van der Waals surface area contributed by atoms with Crippen LogP contribution in [0.2, 0.25) is 0 Å². The summed E-state index contributed by atoms with van der Waals surface area (Å²) in [5.41, 5.74) is 0.273. The Morgan fingerprint density at radius 1 is 1.10 bits per heavy atom. The summed E-state index contributed by atoms with van der Waals surface area (Å²) in [5.74, 6) is -0.961. The number of amides is 1. The van der Waals surface area contributed by atoms with Crippen LogP contribution in [0, 0.1) is 11.6 Å². The van der Waals surface area contributed by atoms with Crippen LogP contribution in [0.5, 0.6) is 0 Å². The average molecular weight is 274 g/mol. The molecule has 1 aromatic rings. The van der Waals surface area contributed by atoms with Crippen LogP contribution in [0.25, 0.3) is 5.57 Å². The molecule has 20 heavy (non-hydrogen) atoms. The van der Waals surface area contributed by atoms with E-state index in [4.69, 9.17) is 0 Å². The van der Waals surface area contributed by atoms with Crippen molar-refractivity contribution in [2.75, 3.05) is 0 Å². The molecule has 0 saturated carbocycles. The van der Waals surface area contributed by atoms with Crippen molar-refractivity contribution in [3.05, 3.63) is 53.7 Å². The van der Waals surface area contributed by atoms with Crippen molar-refractivity contribution in [2.24, 2.45) is 4.99 Å². The van der Waals surface area contributed by atoms with Crippen molar-refractivity contribution in [3.8, 4) is 0 Å². The lowest BCUT2D eigenvalue weighted by atomic mass is 9.99. The Morgan fingerprint density at radius 2 is 1.75 bits per heavy atom. The molecule has 0 bridgehead atoms. The Bertz CT molecular complexity index is 682. The van der Waals surface area contributed by atoms with Gasteiger partial charge in [-0.05, 0) is 49.3 Å². The Labute approximate surface area is 114 Å². The lowest BCUT2D eigenvalue weighted by Gasteiger charge is -2.31. The van der Waals surface area contributed by atoms with Gasteiger partial charge in [-0.25, -0.2) is 8.78 Å². The number of carbonyl (C=O) groups is 1. The van der Waals surface area contributed by atoms with Crippen LogP contribution in [-0.4, -0.2) is 22.2 Å². The lowest BCUT2D eigenvalue weighted by molar-refractivity contribution is -0.123. The summed E-state index contributed by atoms with van der Waals surface area (Å²) in [6, 6.07) is 3.34. The Hall–Kier alpha value is -2.30. The molecule has 2 heterocycles. The Morgan fingerprint density at radius 3 is 2.40 bits per heavy atom. The highest BCUT2D eigenvalue weighted by atomic mass is 19.1. The van der Waals surface area contributed by atoms with Gasteiger partial charge in [-0.3, -0.25) is 4.79 Å². The minimum atomic E-state index is -0.781. The topological polar surface area (TPSA) is 32.7 Å². The van der Waals surface area contributed by atoms with Gasteiger partial charge in [-0.2, -0.15) is 4.99 Å². The molecule has 0 atom stereocenters. The van der Waals surface area contributed by atoms with Gasteiger partial charge in [0, 0.05) is 12.3 Å². The molecule has 0 spiro atoms. The molecule has 2 aliphatic rings. The number of hydrogen-bond acceptors (Lipinski definition) is 2. The van der Waals surface area contributed by atoms with E-state index in [1.54, 1.807) is 37.1 Å². The molecule has 0 fully saturated rings. The van der Waals surface area contributed by atoms with Gasteiger partial charge in [0.15, 0.2) is 0 Å². The molecule has 0 unspecified atom stereocenters. The van der Waals surface area contributed by atoms with Crippen LogP contribution >= 0.6 is 0 Å². The molecule has 1 amide bonds. The maximum atomic E-state index is 13.3. The zero-order valence-corrected chi connectivity index (χ0v) is 11.0. The van der Waals surface area contributed by atoms with Crippen molar-refractivity contribution in [2.45, 2.75) is 19.4 Å². The quantitative estimate of drug-likeness (QED) is 0.788. The lowest BCUT2D eigenvalue weighted by Crippen LogP contribution is -2.43. The van der Waals surface area contributed by atoms with Gasteiger partial charge in [0.2, 0.25) is 0 Å². The molecule has 5 heteroatoms. The fourth-order valence-corrected chi connectivity index (χ4v) is 2.27. The molecule has 2 aliphatic heterocycles. The Kier molecular flexibility index (Phi) is 2.61. The van der Waals surface area contributed by atoms with Crippen LogP contribution in [-0.2, 0) is 4.79 Å². The second kappa shape index (κ2) is 4.10. The number of nitrogens with zero attached hydrogens (tertiary/aromatic N) is 2. The van der Waals surface area contributed by atoms with Crippen LogP contribution < -0.4 is 0 Å². The summed E-state index contributed by atoms with van der Waals surface area (Å²) in [5, 5.41) is 0. The minimum Gasteiger partial charge on any atom is -0.318 e. The van der Waals surface area contributed by atoms with E-state index in [9.17, 15) is 13.6 Å². The number of fused-ring (bicyclic) bond motifs is 1. The van der Waals surface area contributed by atoms with Crippen LogP contribution in [0.3, 0.4) is 0 Å². The highest BCUT2D eigenvalue weighted by Gasteiger charge is 2.41. The zero-order valence-electron chi connectivity index (χ0n) is 11.0. The summed E-state index contributed by atoms with van der Waals surface area (Å²) >= 11 is 0. The maximum Gasteiger partial charge on any atom is 0.273 e. The third-order valence-corrected chi connectivity index (χ3v) is 3.46. The molecule has 3 rings (SSSR count). The molecule has 102 valence electrons. The molecule has 0 aromatic heterocycles. The van der Waals surface area contributed by atoms with E-state index in [1.807, 2.05) is 0 Å². The predicted molar refractivity (Wildman–Crippen MR) is 71.8 cm³/mol. The third kappa shape index (κ3) is 1.86. The first-order valence-corrected chi connectivity index (χ1v) is 6.17. The summed E-state index contributed by atoms with van der Waals surface area (Å²) < 4.78 is 26.6. The van der Waals surface area contributed by atoms with E-state index >= 15 is 0 Å². The first-order chi connectivity index (χ1) is 9.38. The number of allylic oxidation sites excluding steroid dienone is 2. The van der Waals surface area contributed by atoms with Crippen molar-refractivity contribution in [1.29, 1.82) is 0 Å². The fourth-order valence-electron chi connectivity index (χ4n) is 2.27. The fraction of sp³-hybridized carbons (Fsp3) is 0.200. The van der Waals surface area contributed by atoms with E-state index in [2.05, 4.69) is 4.99 Å². The van der Waals surface area contributed by atoms with Gasteiger partial charge in [-0.1, -0.05) is 0 Å². The van der Waals surface area contributed by atoms with Crippen molar-refractivity contribution >= 4 is 17.3 Å². The second-order valence-electron chi connectivity index (χ2n) is 5.28. The first kappa shape index (κ1) is 12.7. The van der Waals surface area contributed by atoms with Gasteiger partial charge < -0.3 is 4.90 Å².